The van der Waals surface area contributed by atoms with Gasteiger partial charge in [0.1, 0.15) is 9.88 Å². The number of hydrogen-bond acceptors (Lipinski definition) is 4. The molecular formula is C16H12IN3OS. The zero-order valence-electron chi connectivity index (χ0n) is 11.7. The van der Waals surface area contributed by atoms with Crippen LogP contribution in [-0.2, 0) is 0 Å². The van der Waals surface area contributed by atoms with Crippen LogP contribution in [-0.4, -0.2) is 15.9 Å². The summed E-state index contributed by atoms with van der Waals surface area (Å²) in [6.45, 7) is 1.84. The highest BCUT2D eigenvalue weighted by Gasteiger charge is 2.16. The number of thiazole rings is 1. The summed E-state index contributed by atoms with van der Waals surface area (Å²) in [7, 11) is 0. The van der Waals surface area contributed by atoms with Gasteiger partial charge in [-0.1, -0.05) is 12.1 Å². The first-order valence-electron chi connectivity index (χ1n) is 6.59. The van der Waals surface area contributed by atoms with Gasteiger partial charge in [0, 0.05) is 15.5 Å². The summed E-state index contributed by atoms with van der Waals surface area (Å²) < 4.78 is 1.07. The zero-order valence-corrected chi connectivity index (χ0v) is 14.7. The number of benzene rings is 1. The minimum Gasteiger partial charge on any atom is -0.321 e. The molecule has 22 heavy (non-hydrogen) atoms. The van der Waals surface area contributed by atoms with Crippen LogP contribution in [0.5, 0.6) is 0 Å². The van der Waals surface area contributed by atoms with Crippen LogP contribution in [0.2, 0.25) is 0 Å². The molecule has 0 spiro atoms. The lowest BCUT2D eigenvalue weighted by Crippen LogP contribution is -2.11. The molecule has 3 rings (SSSR count). The van der Waals surface area contributed by atoms with E-state index >= 15 is 0 Å². The largest absolute Gasteiger partial charge is 0.321 e. The van der Waals surface area contributed by atoms with Gasteiger partial charge in [0.25, 0.3) is 5.91 Å². The van der Waals surface area contributed by atoms with Crippen molar-refractivity contribution in [1.82, 2.24) is 9.97 Å². The lowest BCUT2D eigenvalue weighted by Gasteiger charge is -2.04. The maximum absolute atomic E-state index is 12.4. The Morgan fingerprint density at radius 2 is 2.09 bits per heavy atom. The van der Waals surface area contributed by atoms with Crippen LogP contribution >= 0.6 is 33.9 Å². The molecule has 0 saturated heterocycles. The predicted molar refractivity (Wildman–Crippen MR) is 97.2 cm³/mol. The van der Waals surface area contributed by atoms with Crippen LogP contribution in [0.15, 0.2) is 48.7 Å². The summed E-state index contributed by atoms with van der Waals surface area (Å²) >= 11 is 3.57. The van der Waals surface area contributed by atoms with Gasteiger partial charge in [-0.15, -0.1) is 11.3 Å². The van der Waals surface area contributed by atoms with Gasteiger partial charge in [0.2, 0.25) is 0 Å². The summed E-state index contributed by atoms with van der Waals surface area (Å²) in [5.41, 5.74) is 2.28. The number of nitrogens with one attached hydrogen (secondary N) is 1. The maximum atomic E-state index is 12.4. The topological polar surface area (TPSA) is 54.9 Å². The minimum atomic E-state index is -0.140. The van der Waals surface area contributed by atoms with E-state index in [1.54, 1.807) is 6.20 Å². The van der Waals surface area contributed by atoms with Gasteiger partial charge in [-0.25, -0.2) is 4.98 Å². The number of carbonyl (C=O) groups excluding carboxylic acids is 1. The molecule has 0 atom stereocenters. The van der Waals surface area contributed by atoms with Crippen molar-refractivity contribution in [3.63, 3.8) is 0 Å². The number of carbonyl (C=O) groups is 1. The number of nitrogens with zero attached hydrogens (tertiary/aromatic N) is 2. The number of amides is 1. The Morgan fingerprint density at radius 1 is 1.23 bits per heavy atom. The van der Waals surface area contributed by atoms with Crippen molar-refractivity contribution in [3.8, 4) is 10.7 Å². The SMILES string of the molecule is Cc1nc(-c2ccccn2)sc1C(=O)Nc1cccc(I)c1. The Bertz CT molecular complexity index is 817. The number of pyridine rings is 1. The molecule has 0 unspecified atom stereocenters. The Hall–Kier alpha value is -1.80. The van der Waals surface area contributed by atoms with E-state index < -0.39 is 0 Å². The van der Waals surface area contributed by atoms with Crippen molar-refractivity contribution in [1.29, 1.82) is 0 Å². The average molecular weight is 421 g/mol. The van der Waals surface area contributed by atoms with Crippen LogP contribution in [0, 0.1) is 10.5 Å². The molecular weight excluding hydrogens is 409 g/mol. The lowest BCUT2D eigenvalue weighted by molar-refractivity contribution is 0.103. The Labute approximate surface area is 145 Å². The van der Waals surface area contributed by atoms with E-state index in [9.17, 15) is 4.79 Å². The molecule has 2 heterocycles. The lowest BCUT2D eigenvalue weighted by atomic mass is 10.3. The molecule has 0 fully saturated rings. The molecule has 6 heteroatoms. The zero-order chi connectivity index (χ0) is 15.5. The molecule has 0 bridgehead atoms. The quantitative estimate of drug-likeness (QED) is 0.640. The van der Waals surface area contributed by atoms with Crippen molar-refractivity contribution in [2.45, 2.75) is 6.92 Å². The predicted octanol–water partition coefficient (Wildman–Crippen LogP) is 4.37. The van der Waals surface area contributed by atoms with Crippen LogP contribution in [0.4, 0.5) is 5.69 Å². The molecule has 2 aromatic heterocycles. The Kier molecular flexibility index (Phi) is 4.49. The molecule has 110 valence electrons. The molecule has 0 aliphatic heterocycles. The van der Waals surface area contributed by atoms with Gasteiger partial charge >= 0.3 is 0 Å². The molecule has 0 saturated carbocycles. The van der Waals surface area contributed by atoms with Crippen molar-refractivity contribution >= 4 is 45.5 Å². The monoisotopic (exact) mass is 421 g/mol. The summed E-state index contributed by atoms with van der Waals surface area (Å²) in [5, 5.41) is 3.67. The second kappa shape index (κ2) is 6.53. The first kappa shape index (κ1) is 15.1. The highest BCUT2D eigenvalue weighted by molar-refractivity contribution is 14.1. The Morgan fingerprint density at radius 3 is 2.82 bits per heavy atom. The summed E-state index contributed by atoms with van der Waals surface area (Å²) in [4.78, 5) is 21.8. The van der Waals surface area contributed by atoms with E-state index in [1.165, 1.54) is 11.3 Å². The molecule has 1 aromatic carbocycles. The van der Waals surface area contributed by atoms with Crippen molar-refractivity contribution in [3.05, 3.63) is 62.8 Å². The fourth-order valence-corrected chi connectivity index (χ4v) is 3.44. The smallest absolute Gasteiger partial charge is 0.267 e. The van der Waals surface area contributed by atoms with Crippen molar-refractivity contribution in [2.24, 2.45) is 0 Å². The van der Waals surface area contributed by atoms with Gasteiger partial charge in [0.15, 0.2) is 0 Å². The number of rotatable bonds is 3. The normalized spacial score (nSPS) is 10.5. The molecule has 1 amide bonds. The van der Waals surface area contributed by atoms with Gasteiger partial charge in [-0.2, -0.15) is 0 Å². The van der Waals surface area contributed by atoms with Crippen molar-refractivity contribution < 1.29 is 4.79 Å². The fourth-order valence-electron chi connectivity index (χ4n) is 1.96. The number of halogens is 1. The van der Waals surface area contributed by atoms with E-state index in [2.05, 4.69) is 37.9 Å². The van der Waals surface area contributed by atoms with Gasteiger partial charge in [0.05, 0.1) is 11.4 Å². The number of anilines is 1. The van der Waals surface area contributed by atoms with Crippen LogP contribution in [0.1, 0.15) is 15.4 Å². The third-order valence-corrected chi connectivity index (χ3v) is 4.82. The molecule has 0 aliphatic carbocycles. The number of hydrogen-bond donors (Lipinski definition) is 1. The third kappa shape index (κ3) is 3.33. The Balaban J connectivity index is 1.86. The molecule has 0 radical (unpaired) electrons. The standard InChI is InChI=1S/C16H12IN3OS/c1-10-14(15(21)20-12-6-4-5-11(17)9-12)22-16(19-10)13-7-2-3-8-18-13/h2-9H,1H3,(H,20,21). The second-order valence-corrected chi connectivity index (χ2v) is 6.86. The molecule has 0 aliphatic rings. The fraction of sp³-hybridized carbons (Fsp3) is 0.0625. The van der Waals surface area contributed by atoms with E-state index in [0.29, 0.717) is 10.6 Å². The van der Waals surface area contributed by atoms with E-state index in [-0.39, 0.29) is 5.91 Å². The first-order valence-corrected chi connectivity index (χ1v) is 8.49. The van der Waals surface area contributed by atoms with Crippen LogP contribution in [0.25, 0.3) is 10.7 Å². The van der Waals surface area contributed by atoms with Gasteiger partial charge < -0.3 is 5.32 Å². The molecule has 1 N–H and O–H groups in total. The van der Waals surface area contributed by atoms with Gasteiger partial charge in [-0.3, -0.25) is 9.78 Å². The molecule has 3 aromatic rings. The minimum absolute atomic E-state index is 0.140. The van der Waals surface area contributed by atoms with E-state index in [1.807, 2.05) is 49.4 Å². The van der Waals surface area contributed by atoms with Crippen molar-refractivity contribution in [2.75, 3.05) is 5.32 Å². The second-order valence-electron chi connectivity index (χ2n) is 4.61. The van der Waals surface area contributed by atoms with Crippen LogP contribution in [0.3, 0.4) is 0 Å². The van der Waals surface area contributed by atoms with E-state index in [0.717, 1.165) is 20.0 Å². The first-order chi connectivity index (χ1) is 10.6. The highest BCUT2D eigenvalue weighted by atomic mass is 127. The van der Waals surface area contributed by atoms with Crippen LogP contribution < -0.4 is 5.32 Å². The average Bonchev–Trinajstić information content (AvgIpc) is 2.90. The molecule has 4 nitrogen and oxygen atoms in total. The summed E-state index contributed by atoms with van der Waals surface area (Å²) in [6.07, 6.45) is 1.72. The number of aromatic nitrogens is 2. The summed E-state index contributed by atoms with van der Waals surface area (Å²) in [5.74, 6) is -0.140. The van der Waals surface area contributed by atoms with E-state index in [4.69, 9.17) is 0 Å². The third-order valence-electron chi connectivity index (χ3n) is 2.97. The number of aryl methyl sites for hydroxylation is 1. The maximum Gasteiger partial charge on any atom is 0.267 e. The highest BCUT2D eigenvalue weighted by Crippen LogP contribution is 2.27. The summed E-state index contributed by atoms with van der Waals surface area (Å²) in [6, 6.07) is 13.3. The van der Waals surface area contributed by atoms with Gasteiger partial charge in [-0.05, 0) is 59.8 Å².